The van der Waals surface area contributed by atoms with Crippen LogP contribution in [0.5, 0.6) is 11.5 Å². The molecule has 2 N–H and O–H groups in total. The van der Waals surface area contributed by atoms with Crippen LogP contribution in [0, 0.1) is 13.8 Å². The first kappa shape index (κ1) is 30.6. The molecule has 1 atom stereocenters. The summed E-state index contributed by atoms with van der Waals surface area (Å²) >= 11 is 6.17. The molecule has 0 fully saturated rings. The molecule has 1 amide bonds. The molecule has 1 aromatic heterocycles. The van der Waals surface area contributed by atoms with E-state index in [2.05, 4.69) is 15.3 Å². The summed E-state index contributed by atoms with van der Waals surface area (Å²) in [6.45, 7) is 3.54. The molecule has 0 saturated heterocycles. The Kier molecular flexibility index (Phi) is 8.61. The van der Waals surface area contributed by atoms with Crippen LogP contribution in [0.25, 0.3) is 0 Å². The normalized spacial score (nSPS) is 14.3. The number of hydrogen-bond acceptors (Lipinski definition) is 8. The molecule has 0 radical (unpaired) electrons. The number of para-hydroxylation sites is 1. The number of carboxylic acids is 1. The van der Waals surface area contributed by atoms with Crippen molar-refractivity contribution in [3.63, 3.8) is 0 Å². The molecule has 0 bridgehead atoms. The van der Waals surface area contributed by atoms with Crippen LogP contribution in [0.4, 0.5) is 11.4 Å². The smallest absolute Gasteiger partial charge is 0.356 e. The molecule has 1 aliphatic rings. The van der Waals surface area contributed by atoms with Crippen LogP contribution in [0.15, 0.2) is 83.1 Å². The van der Waals surface area contributed by atoms with Gasteiger partial charge < -0.3 is 24.5 Å². The summed E-state index contributed by atoms with van der Waals surface area (Å²) in [4.78, 5) is 34.2. The number of aromatic carboxylic acids is 1. The van der Waals surface area contributed by atoms with E-state index in [-0.39, 0.29) is 41.0 Å². The highest BCUT2D eigenvalue weighted by Crippen LogP contribution is 2.36. The largest absolute Gasteiger partial charge is 0.495 e. The number of sulfonamides is 1. The molecule has 2 heterocycles. The topological polar surface area (TPSA) is 152 Å². The number of ether oxygens (including phenoxy) is 2. The third-order valence-corrected chi connectivity index (χ3v) is 8.92. The predicted molar refractivity (Wildman–Crippen MR) is 164 cm³/mol. The number of fused-ring (bicyclic) bond motifs is 1. The van der Waals surface area contributed by atoms with Crippen molar-refractivity contribution < 1.29 is 32.6 Å². The highest BCUT2D eigenvalue weighted by atomic mass is 35.5. The lowest BCUT2D eigenvalue weighted by molar-refractivity contribution is -0.117. The van der Waals surface area contributed by atoms with Crippen molar-refractivity contribution in [3.8, 4) is 11.5 Å². The van der Waals surface area contributed by atoms with Crippen molar-refractivity contribution in [2.24, 2.45) is 4.99 Å². The number of imidazole rings is 1. The number of halogens is 1. The van der Waals surface area contributed by atoms with E-state index in [9.17, 15) is 23.1 Å². The summed E-state index contributed by atoms with van der Waals surface area (Å²) in [6.07, 6.45) is 2.25. The van der Waals surface area contributed by atoms with Gasteiger partial charge in [0.2, 0.25) is 0 Å². The SMILES string of the molecule is COc1ccc(Cl)cc1NC(=O)C(C1=Nc2ccccc2S(=O)(=O)N1CCOc1ccc(C)cc1C)n1cnc(C(=O)O)c1. The van der Waals surface area contributed by atoms with Gasteiger partial charge >= 0.3 is 5.97 Å². The fraction of sp³-hybridized carbons (Fsp3) is 0.200. The number of carbonyl (C=O) groups is 2. The maximum Gasteiger partial charge on any atom is 0.356 e. The fourth-order valence-electron chi connectivity index (χ4n) is 4.77. The fourth-order valence-corrected chi connectivity index (χ4v) is 6.51. The number of aliphatic imine (C=N–C) groups is 1. The van der Waals surface area contributed by atoms with Gasteiger partial charge in [-0.15, -0.1) is 0 Å². The summed E-state index contributed by atoms with van der Waals surface area (Å²) in [5, 5.41) is 12.6. The van der Waals surface area contributed by atoms with Crippen molar-refractivity contribution in [2.75, 3.05) is 25.6 Å². The van der Waals surface area contributed by atoms with Gasteiger partial charge in [-0.2, -0.15) is 0 Å². The second kappa shape index (κ2) is 12.4. The zero-order valence-corrected chi connectivity index (χ0v) is 25.5. The van der Waals surface area contributed by atoms with Gasteiger partial charge in [0, 0.05) is 11.2 Å². The first-order chi connectivity index (χ1) is 21.0. The van der Waals surface area contributed by atoms with Crippen LogP contribution in [-0.2, 0) is 14.8 Å². The first-order valence-corrected chi connectivity index (χ1v) is 15.1. The summed E-state index contributed by atoms with van der Waals surface area (Å²) in [5.74, 6) is -1.41. The Balaban J connectivity index is 1.60. The van der Waals surface area contributed by atoms with Gasteiger partial charge in [0.15, 0.2) is 17.6 Å². The van der Waals surface area contributed by atoms with Crippen LogP contribution >= 0.6 is 11.6 Å². The molecule has 228 valence electrons. The van der Waals surface area contributed by atoms with E-state index >= 15 is 0 Å². The van der Waals surface area contributed by atoms with Gasteiger partial charge in [0.05, 0.1) is 31.4 Å². The average molecular weight is 638 g/mol. The third kappa shape index (κ3) is 6.10. The third-order valence-electron chi connectivity index (χ3n) is 6.84. The van der Waals surface area contributed by atoms with Crippen LogP contribution in [-0.4, -0.2) is 65.4 Å². The van der Waals surface area contributed by atoms with Crippen molar-refractivity contribution in [1.82, 2.24) is 13.9 Å². The molecule has 44 heavy (non-hydrogen) atoms. The van der Waals surface area contributed by atoms with E-state index in [4.69, 9.17) is 21.1 Å². The van der Waals surface area contributed by atoms with Gasteiger partial charge in [-0.25, -0.2) is 27.5 Å². The van der Waals surface area contributed by atoms with Crippen molar-refractivity contribution in [3.05, 3.63) is 95.0 Å². The molecule has 1 unspecified atom stereocenters. The summed E-state index contributed by atoms with van der Waals surface area (Å²) in [6, 6.07) is 14.9. The Morgan fingerprint density at radius 3 is 2.52 bits per heavy atom. The Hall–Kier alpha value is -4.88. The number of amidine groups is 1. The molecule has 1 aliphatic heterocycles. The lowest BCUT2D eigenvalue weighted by Gasteiger charge is -2.33. The standard InChI is InChI=1S/C30H28ClN5O7S/c1-18-8-10-24(19(2)14-18)43-13-12-36-28(33-21-6-4-5-7-26(21)44(36,40)41)27(35-16-23(30(38)39)32-17-35)29(37)34-22-15-20(31)9-11-25(22)42-3/h4-11,14-17,27H,12-13H2,1-3H3,(H,34,37)(H,38,39). The molecule has 0 aliphatic carbocycles. The zero-order valence-electron chi connectivity index (χ0n) is 23.9. The molecule has 0 spiro atoms. The van der Waals surface area contributed by atoms with E-state index in [1.165, 1.54) is 29.9 Å². The van der Waals surface area contributed by atoms with Crippen LogP contribution in [0.1, 0.15) is 27.7 Å². The van der Waals surface area contributed by atoms with Gasteiger partial charge in [-0.3, -0.25) is 4.79 Å². The molecule has 3 aromatic carbocycles. The number of rotatable bonds is 10. The summed E-state index contributed by atoms with van der Waals surface area (Å²) in [5.41, 5.74) is 1.89. The zero-order chi connectivity index (χ0) is 31.6. The Morgan fingerprint density at radius 1 is 1.07 bits per heavy atom. The number of amides is 1. The lowest BCUT2D eigenvalue weighted by atomic mass is 10.1. The van der Waals surface area contributed by atoms with Crippen LogP contribution in [0.2, 0.25) is 5.02 Å². The van der Waals surface area contributed by atoms with Crippen LogP contribution in [0.3, 0.4) is 0 Å². The number of nitrogens with zero attached hydrogens (tertiary/aromatic N) is 4. The monoisotopic (exact) mass is 637 g/mol. The number of methoxy groups -OCH3 is 1. The number of benzene rings is 3. The number of nitrogens with one attached hydrogen (secondary N) is 1. The highest BCUT2D eigenvalue weighted by molar-refractivity contribution is 7.90. The van der Waals surface area contributed by atoms with Crippen molar-refractivity contribution in [1.29, 1.82) is 0 Å². The quantitative estimate of drug-likeness (QED) is 0.250. The van der Waals surface area contributed by atoms with Crippen molar-refractivity contribution >= 4 is 50.7 Å². The van der Waals surface area contributed by atoms with Gasteiger partial charge in [0.25, 0.3) is 15.9 Å². The van der Waals surface area contributed by atoms with Gasteiger partial charge in [-0.1, -0.05) is 41.4 Å². The van der Waals surface area contributed by atoms with Gasteiger partial charge in [0.1, 0.15) is 23.0 Å². The summed E-state index contributed by atoms with van der Waals surface area (Å²) < 4.78 is 41.6. The minimum absolute atomic E-state index is 0.0530. The van der Waals surface area contributed by atoms with E-state index in [0.717, 1.165) is 28.0 Å². The minimum atomic E-state index is -4.25. The number of aryl methyl sites for hydroxylation is 2. The lowest BCUT2D eigenvalue weighted by Crippen LogP contribution is -2.48. The Bertz CT molecular complexity index is 1890. The maximum atomic E-state index is 14.1. The Labute approximate surface area is 258 Å². The number of hydrogen-bond donors (Lipinski definition) is 2. The van der Waals surface area contributed by atoms with E-state index in [0.29, 0.717) is 16.5 Å². The molecular formula is C30H28ClN5O7S. The molecule has 12 nitrogen and oxygen atoms in total. The molecule has 14 heteroatoms. The van der Waals surface area contributed by atoms with E-state index < -0.39 is 27.9 Å². The Morgan fingerprint density at radius 2 is 1.82 bits per heavy atom. The predicted octanol–water partition coefficient (Wildman–Crippen LogP) is 4.85. The molecule has 4 aromatic rings. The van der Waals surface area contributed by atoms with Crippen LogP contribution < -0.4 is 14.8 Å². The molecule has 5 rings (SSSR count). The molecular weight excluding hydrogens is 610 g/mol. The number of carbonyl (C=O) groups excluding carboxylic acids is 1. The average Bonchev–Trinajstić information content (AvgIpc) is 3.46. The molecule has 0 saturated carbocycles. The second-order valence-corrected chi connectivity index (χ2v) is 12.1. The number of anilines is 1. The van der Waals surface area contributed by atoms with E-state index in [1.54, 1.807) is 30.3 Å². The number of carboxylic acid groups (broad SMARTS) is 1. The van der Waals surface area contributed by atoms with E-state index in [1.807, 2.05) is 26.0 Å². The minimum Gasteiger partial charge on any atom is -0.495 e. The first-order valence-electron chi connectivity index (χ1n) is 13.3. The maximum absolute atomic E-state index is 14.1. The summed E-state index contributed by atoms with van der Waals surface area (Å²) in [7, 11) is -2.83. The number of aromatic nitrogens is 2. The van der Waals surface area contributed by atoms with Crippen molar-refractivity contribution in [2.45, 2.75) is 24.8 Å². The van der Waals surface area contributed by atoms with Gasteiger partial charge in [-0.05, 0) is 55.8 Å². The highest BCUT2D eigenvalue weighted by Gasteiger charge is 2.41. The second-order valence-electron chi connectivity index (χ2n) is 9.88.